The molecular formula is C12H23ClN3O2+. The van der Waals surface area contributed by atoms with Gasteiger partial charge in [-0.05, 0) is 20.8 Å². The third kappa shape index (κ3) is 5.23. The molecule has 6 heteroatoms. The van der Waals surface area contributed by atoms with Crippen molar-refractivity contribution in [2.45, 2.75) is 26.3 Å². The highest BCUT2D eigenvalue weighted by atomic mass is 35.5. The van der Waals surface area contributed by atoms with Crippen molar-refractivity contribution in [2.75, 3.05) is 38.6 Å². The molecule has 1 aliphatic rings. The predicted octanol–water partition coefficient (Wildman–Crippen LogP) is -1.13. The van der Waals surface area contributed by atoms with E-state index in [4.69, 9.17) is 11.6 Å². The number of halogens is 1. The number of rotatable bonds is 3. The van der Waals surface area contributed by atoms with Crippen LogP contribution in [0.4, 0.5) is 0 Å². The molecule has 2 amide bonds. The Morgan fingerprint density at radius 1 is 1.28 bits per heavy atom. The normalized spacial score (nSPS) is 17.7. The van der Waals surface area contributed by atoms with Gasteiger partial charge in [-0.15, -0.1) is 11.6 Å². The lowest BCUT2D eigenvalue weighted by Crippen LogP contribution is -3.16. The maximum Gasteiger partial charge on any atom is 0.275 e. The van der Waals surface area contributed by atoms with Crippen LogP contribution in [0.3, 0.4) is 0 Å². The number of hydrogen-bond acceptors (Lipinski definition) is 2. The van der Waals surface area contributed by atoms with E-state index in [1.54, 1.807) is 4.90 Å². The molecule has 1 aliphatic heterocycles. The van der Waals surface area contributed by atoms with Gasteiger partial charge in [-0.2, -0.15) is 0 Å². The van der Waals surface area contributed by atoms with Gasteiger partial charge in [-0.1, -0.05) is 0 Å². The van der Waals surface area contributed by atoms with Crippen LogP contribution >= 0.6 is 11.6 Å². The fourth-order valence-corrected chi connectivity index (χ4v) is 2.19. The first-order valence-electron chi connectivity index (χ1n) is 6.30. The molecule has 0 saturated carbocycles. The summed E-state index contributed by atoms with van der Waals surface area (Å²) in [4.78, 5) is 26.1. The zero-order valence-electron chi connectivity index (χ0n) is 11.4. The van der Waals surface area contributed by atoms with Crippen LogP contribution in [0.15, 0.2) is 0 Å². The van der Waals surface area contributed by atoms with Crippen LogP contribution in [0.25, 0.3) is 0 Å². The van der Waals surface area contributed by atoms with E-state index in [-0.39, 0.29) is 23.2 Å². The zero-order valence-corrected chi connectivity index (χ0v) is 12.1. The molecule has 0 spiro atoms. The average Bonchev–Trinajstić information content (AvgIpc) is 2.26. The van der Waals surface area contributed by atoms with E-state index in [2.05, 4.69) is 5.32 Å². The quantitative estimate of drug-likeness (QED) is 0.641. The second kappa shape index (κ2) is 6.38. The van der Waals surface area contributed by atoms with Gasteiger partial charge in [0.1, 0.15) is 5.88 Å². The van der Waals surface area contributed by atoms with E-state index >= 15 is 0 Å². The van der Waals surface area contributed by atoms with Gasteiger partial charge in [-0.3, -0.25) is 9.59 Å². The topological polar surface area (TPSA) is 53.9 Å². The van der Waals surface area contributed by atoms with E-state index in [1.807, 2.05) is 20.8 Å². The molecule has 5 nitrogen and oxygen atoms in total. The summed E-state index contributed by atoms with van der Waals surface area (Å²) >= 11 is 5.52. The number of carbonyl (C=O) groups is 2. The minimum atomic E-state index is -0.188. The van der Waals surface area contributed by atoms with Crippen LogP contribution in [0.2, 0.25) is 0 Å². The Kier molecular flexibility index (Phi) is 5.41. The standard InChI is InChI=1S/C12H22ClN3O2/c1-12(2,3)14-10(17)9-15-4-6-16(7-5-15)11(18)8-13/h4-9H2,1-3H3,(H,14,17)/p+1. The van der Waals surface area contributed by atoms with Crippen molar-refractivity contribution in [3.63, 3.8) is 0 Å². The molecule has 0 aliphatic carbocycles. The molecule has 0 bridgehead atoms. The molecule has 104 valence electrons. The van der Waals surface area contributed by atoms with Gasteiger partial charge in [0, 0.05) is 5.54 Å². The minimum absolute atomic E-state index is 0.0186. The third-order valence-electron chi connectivity index (χ3n) is 2.86. The largest absolute Gasteiger partial charge is 0.347 e. The molecule has 1 saturated heterocycles. The highest BCUT2D eigenvalue weighted by molar-refractivity contribution is 6.27. The lowest BCUT2D eigenvalue weighted by Gasteiger charge is -2.32. The summed E-state index contributed by atoms with van der Waals surface area (Å²) in [6.45, 7) is 9.36. The SMILES string of the molecule is CC(C)(C)NC(=O)C[NH+]1CCN(C(=O)CCl)CC1. The van der Waals surface area contributed by atoms with Crippen LogP contribution in [-0.2, 0) is 9.59 Å². The van der Waals surface area contributed by atoms with Gasteiger partial charge < -0.3 is 15.1 Å². The summed E-state index contributed by atoms with van der Waals surface area (Å²) in [7, 11) is 0. The van der Waals surface area contributed by atoms with E-state index in [0.29, 0.717) is 19.6 Å². The molecule has 1 rings (SSSR count). The van der Waals surface area contributed by atoms with Gasteiger partial charge in [0.25, 0.3) is 5.91 Å². The molecular weight excluding hydrogens is 254 g/mol. The zero-order chi connectivity index (χ0) is 13.8. The van der Waals surface area contributed by atoms with Gasteiger partial charge in [-0.25, -0.2) is 0 Å². The fourth-order valence-electron chi connectivity index (χ4n) is 2.02. The maximum absolute atomic E-state index is 11.8. The number of amides is 2. The number of piperazine rings is 1. The smallest absolute Gasteiger partial charge is 0.275 e. The Hall–Kier alpha value is -0.810. The number of nitrogens with one attached hydrogen (secondary N) is 2. The Labute approximate surface area is 113 Å². The summed E-state index contributed by atoms with van der Waals surface area (Å²) in [5, 5.41) is 2.95. The van der Waals surface area contributed by atoms with Crippen LogP contribution in [0.5, 0.6) is 0 Å². The van der Waals surface area contributed by atoms with Crippen molar-refractivity contribution >= 4 is 23.4 Å². The van der Waals surface area contributed by atoms with Gasteiger partial charge in [0.15, 0.2) is 6.54 Å². The summed E-state index contributed by atoms with van der Waals surface area (Å²) < 4.78 is 0. The summed E-state index contributed by atoms with van der Waals surface area (Å²) in [5.41, 5.74) is -0.188. The molecule has 0 unspecified atom stereocenters. The third-order valence-corrected chi connectivity index (χ3v) is 3.09. The lowest BCUT2D eigenvalue weighted by molar-refractivity contribution is -0.896. The van der Waals surface area contributed by atoms with Gasteiger partial charge in [0.2, 0.25) is 5.91 Å². The second-order valence-corrected chi connectivity index (χ2v) is 6.01. The monoisotopic (exact) mass is 276 g/mol. The van der Waals surface area contributed by atoms with Gasteiger partial charge >= 0.3 is 0 Å². The predicted molar refractivity (Wildman–Crippen MR) is 70.8 cm³/mol. The fraction of sp³-hybridized carbons (Fsp3) is 0.833. The van der Waals surface area contributed by atoms with Crippen LogP contribution < -0.4 is 10.2 Å². The first kappa shape index (κ1) is 15.2. The Morgan fingerprint density at radius 2 is 1.83 bits per heavy atom. The Bertz CT molecular complexity index is 307. The molecule has 1 heterocycles. The first-order chi connectivity index (χ1) is 8.31. The number of quaternary nitrogens is 1. The molecule has 0 aromatic heterocycles. The van der Waals surface area contributed by atoms with Crippen LogP contribution in [0, 0.1) is 0 Å². The Balaban J connectivity index is 2.31. The van der Waals surface area contributed by atoms with Gasteiger partial charge in [0.05, 0.1) is 26.2 Å². The number of nitrogens with zero attached hydrogens (tertiary/aromatic N) is 1. The van der Waals surface area contributed by atoms with Crippen molar-refractivity contribution in [3.8, 4) is 0 Å². The average molecular weight is 277 g/mol. The van der Waals surface area contributed by atoms with E-state index < -0.39 is 0 Å². The van der Waals surface area contributed by atoms with Crippen molar-refractivity contribution in [1.29, 1.82) is 0 Å². The summed E-state index contributed by atoms with van der Waals surface area (Å²) in [5.74, 6) is 0.0873. The van der Waals surface area contributed by atoms with Crippen molar-refractivity contribution in [2.24, 2.45) is 0 Å². The molecule has 0 atom stereocenters. The number of hydrogen-bond donors (Lipinski definition) is 2. The molecule has 18 heavy (non-hydrogen) atoms. The summed E-state index contributed by atoms with van der Waals surface area (Å²) in [6.07, 6.45) is 0. The highest BCUT2D eigenvalue weighted by Gasteiger charge is 2.25. The molecule has 0 aromatic rings. The van der Waals surface area contributed by atoms with Crippen molar-refractivity contribution in [3.05, 3.63) is 0 Å². The Morgan fingerprint density at radius 3 is 2.28 bits per heavy atom. The van der Waals surface area contributed by atoms with E-state index in [9.17, 15) is 9.59 Å². The van der Waals surface area contributed by atoms with Crippen LogP contribution in [0.1, 0.15) is 20.8 Å². The van der Waals surface area contributed by atoms with E-state index in [1.165, 1.54) is 4.90 Å². The van der Waals surface area contributed by atoms with Crippen molar-refractivity contribution in [1.82, 2.24) is 10.2 Å². The van der Waals surface area contributed by atoms with Crippen molar-refractivity contribution < 1.29 is 14.5 Å². The second-order valence-electron chi connectivity index (χ2n) is 5.74. The van der Waals surface area contributed by atoms with Crippen LogP contribution in [-0.4, -0.2) is 60.9 Å². The number of alkyl halides is 1. The summed E-state index contributed by atoms with van der Waals surface area (Å²) in [6, 6.07) is 0. The molecule has 0 aromatic carbocycles. The molecule has 0 radical (unpaired) electrons. The highest BCUT2D eigenvalue weighted by Crippen LogP contribution is 1.97. The van der Waals surface area contributed by atoms with E-state index in [0.717, 1.165) is 13.1 Å². The minimum Gasteiger partial charge on any atom is -0.347 e. The molecule has 2 N–H and O–H groups in total. The number of carbonyl (C=O) groups excluding carboxylic acids is 2. The first-order valence-corrected chi connectivity index (χ1v) is 6.83. The maximum atomic E-state index is 11.8. The lowest BCUT2D eigenvalue weighted by atomic mass is 10.1. The molecule has 1 fully saturated rings.